The van der Waals surface area contributed by atoms with Crippen LogP contribution in [0.4, 0.5) is 5.69 Å². The van der Waals surface area contributed by atoms with Crippen molar-refractivity contribution in [3.05, 3.63) is 59.0 Å². The van der Waals surface area contributed by atoms with Crippen LogP contribution in [0.25, 0.3) is 5.69 Å². The quantitative estimate of drug-likeness (QED) is 0.921. The molecular formula is C16H19N3O. The van der Waals surface area contributed by atoms with Crippen LogP contribution in [0.2, 0.25) is 0 Å². The molecule has 1 aliphatic rings. The molecule has 0 bridgehead atoms. The Kier molecular flexibility index (Phi) is 3.56. The van der Waals surface area contributed by atoms with Crippen molar-refractivity contribution < 1.29 is 0 Å². The minimum atomic E-state index is -0.00961. The standard InChI is InChI=1S/C16H19N3O/c17-11-13-8-10-18(12-13)14-4-6-15(7-5-14)19-9-2-1-3-16(19)20/h1-7,9,13H,8,10-12,17H2. The monoisotopic (exact) mass is 269 g/mol. The van der Waals surface area contributed by atoms with Gasteiger partial charge in [-0.05, 0) is 49.2 Å². The smallest absolute Gasteiger partial charge is 0.255 e. The summed E-state index contributed by atoms with van der Waals surface area (Å²) in [5, 5.41) is 0. The summed E-state index contributed by atoms with van der Waals surface area (Å²) in [6.45, 7) is 2.85. The number of anilines is 1. The Hall–Kier alpha value is -2.07. The van der Waals surface area contributed by atoms with Gasteiger partial charge in [0.15, 0.2) is 0 Å². The number of nitrogens with two attached hydrogens (primary N) is 1. The minimum Gasteiger partial charge on any atom is -0.371 e. The number of nitrogens with zero attached hydrogens (tertiary/aromatic N) is 2. The molecule has 1 aromatic heterocycles. The molecule has 20 heavy (non-hydrogen) atoms. The third-order valence-electron chi connectivity index (χ3n) is 3.93. The molecule has 0 spiro atoms. The summed E-state index contributed by atoms with van der Waals surface area (Å²) < 4.78 is 1.65. The first-order valence-corrected chi connectivity index (χ1v) is 7.01. The molecule has 4 nitrogen and oxygen atoms in total. The molecule has 1 unspecified atom stereocenters. The van der Waals surface area contributed by atoms with Gasteiger partial charge >= 0.3 is 0 Å². The predicted molar refractivity (Wildman–Crippen MR) is 81.4 cm³/mol. The van der Waals surface area contributed by atoms with E-state index in [-0.39, 0.29) is 5.56 Å². The van der Waals surface area contributed by atoms with Gasteiger partial charge in [-0.3, -0.25) is 9.36 Å². The highest BCUT2D eigenvalue weighted by atomic mass is 16.1. The summed E-state index contributed by atoms with van der Waals surface area (Å²) in [5.74, 6) is 0.603. The van der Waals surface area contributed by atoms with Crippen LogP contribution in [0, 0.1) is 5.92 Å². The van der Waals surface area contributed by atoms with Crippen molar-refractivity contribution in [1.29, 1.82) is 0 Å². The van der Waals surface area contributed by atoms with Crippen molar-refractivity contribution in [3.63, 3.8) is 0 Å². The summed E-state index contributed by atoms with van der Waals surface area (Å²) in [7, 11) is 0. The highest BCUT2D eigenvalue weighted by Gasteiger charge is 2.21. The van der Waals surface area contributed by atoms with Gasteiger partial charge in [-0.25, -0.2) is 0 Å². The van der Waals surface area contributed by atoms with Crippen molar-refractivity contribution in [2.75, 3.05) is 24.5 Å². The Morgan fingerprint density at radius 2 is 1.85 bits per heavy atom. The predicted octanol–water partition coefficient (Wildman–Crippen LogP) is 1.62. The molecule has 0 amide bonds. The van der Waals surface area contributed by atoms with Crippen molar-refractivity contribution in [2.45, 2.75) is 6.42 Å². The molecular weight excluding hydrogens is 250 g/mol. The first-order valence-electron chi connectivity index (χ1n) is 7.01. The number of pyridine rings is 1. The van der Waals surface area contributed by atoms with Gasteiger partial charge in [-0.1, -0.05) is 6.07 Å². The third-order valence-corrected chi connectivity index (χ3v) is 3.93. The van der Waals surface area contributed by atoms with Crippen molar-refractivity contribution in [2.24, 2.45) is 11.7 Å². The first kappa shape index (κ1) is 12.9. The number of benzene rings is 1. The van der Waals surface area contributed by atoms with Gasteiger partial charge in [0.1, 0.15) is 0 Å². The topological polar surface area (TPSA) is 51.3 Å². The summed E-state index contributed by atoms with van der Waals surface area (Å²) in [5.41, 5.74) is 7.82. The van der Waals surface area contributed by atoms with Crippen LogP contribution in [0.3, 0.4) is 0 Å². The lowest BCUT2D eigenvalue weighted by atomic mass is 10.1. The molecule has 4 heteroatoms. The van der Waals surface area contributed by atoms with Crippen LogP contribution >= 0.6 is 0 Å². The summed E-state index contributed by atoms with van der Waals surface area (Å²) >= 11 is 0. The van der Waals surface area contributed by atoms with Gasteiger partial charge in [0.05, 0.1) is 0 Å². The van der Waals surface area contributed by atoms with Gasteiger partial charge in [0.2, 0.25) is 0 Å². The number of aromatic nitrogens is 1. The van der Waals surface area contributed by atoms with E-state index in [1.165, 1.54) is 5.69 Å². The first-order chi connectivity index (χ1) is 9.78. The second-order valence-corrected chi connectivity index (χ2v) is 5.26. The van der Waals surface area contributed by atoms with E-state index in [4.69, 9.17) is 5.73 Å². The molecule has 2 heterocycles. The molecule has 2 aromatic rings. The second-order valence-electron chi connectivity index (χ2n) is 5.26. The van der Waals surface area contributed by atoms with E-state index >= 15 is 0 Å². The molecule has 2 N–H and O–H groups in total. The molecule has 1 fully saturated rings. The van der Waals surface area contributed by atoms with E-state index in [9.17, 15) is 4.79 Å². The fraction of sp³-hybridized carbons (Fsp3) is 0.312. The van der Waals surface area contributed by atoms with Crippen LogP contribution in [0.15, 0.2) is 53.5 Å². The van der Waals surface area contributed by atoms with Crippen LogP contribution in [-0.2, 0) is 0 Å². The molecule has 0 radical (unpaired) electrons. The number of rotatable bonds is 3. The SMILES string of the molecule is NCC1CCN(c2ccc(-n3ccccc3=O)cc2)C1. The van der Waals surface area contributed by atoms with Gasteiger partial charge in [0, 0.05) is 36.7 Å². The molecule has 104 valence electrons. The van der Waals surface area contributed by atoms with Gasteiger partial charge < -0.3 is 10.6 Å². The van der Waals surface area contributed by atoms with Gasteiger partial charge in [0.25, 0.3) is 5.56 Å². The lowest BCUT2D eigenvalue weighted by molar-refractivity contribution is 0.602. The Labute approximate surface area is 118 Å². The highest BCUT2D eigenvalue weighted by Crippen LogP contribution is 2.24. The molecule has 0 saturated carbocycles. The lowest BCUT2D eigenvalue weighted by Crippen LogP contribution is -2.22. The normalized spacial score (nSPS) is 18.4. The Morgan fingerprint density at radius 1 is 1.10 bits per heavy atom. The fourth-order valence-corrected chi connectivity index (χ4v) is 2.72. The maximum absolute atomic E-state index is 11.8. The minimum absolute atomic E-state index is 0.00961. The van der Waals surface area contributed by atoms with Crippen LogP contribution in [0.5, 0.6) is 0 Å². The van der Waals surface area contributed by atoms with E-state index in [1.807, 2.05) is 18.2 Å². The van der Waals surface area contributed by atoms with E-state index in [1.54, 1.807) is 22.9 Å². The fourth-order valence-electron chi connectivity index (χ4n) is 2.72. The number of hydrogen-bond donors (Lipinski definition) is 1. The van der Waals surface area contributed by atoms with E-state index in [0.29, 0.717) is 5.92 Å². The van der Waals surface area contributed by atoms with E-state index in [0.717, 1.165) is 31.7 Å². The van der Waals surface area contributed by atoms with Crippen molar-refractivity contribution >= 4 is 5.69 Å². The Balaban J connectivity index is 1.82. The zero-order valence-corrected chi connectivity index (χ0v) is 11.4. The second kappa shape index (κ2) is 5.51. The van der Waals surface area contributed by atoms with Crippen molar-refractivity contribution in [3.8, 4) is 5.69 Å². The van der Waals surface area contributed by atoms with Crippen LogP contribution in [0.1, 0.15) is 6.42 Å². The Bertz CT molecular complexity index is 633. The molecule has 3 rings (SSSR count). The van der Waals surface area contributed by atoms with Gasteiger partial charge in [-0.15, -0.1) is 0 Å². The molecule has 1 saturated heterocycles. The van der Waals surface area contributed by atoms with Gasteiger partial charge in [-0.2, -0.15) is 0 Å². The molecule has 1 aromatic carbocycles. The molecule has 0 aliphatic carbocycles. The zero-order chi connectivity index (χ0) is 13.9. The van der Waals surface area contributed by atoms with Crippen LogP contribution in [-0.4, -0.2) is 24.2 Å². The largest absolute Gasteiger partial charge is 0.371 e. The van der Waals surface area contributed by atoms with Crippen molar-refractivity contribution in [1.82, 2.24) is 4.57 Å². The molecule has 1 aliphatic heterocycles. The average Bonchev–Trinajstić information content (AvgIpc) is 2.97. The van der Waals surface area contributed by atoms with E-state index in [2.05, 4.69) is 17.0 Å². The average molecular weight is 269 g/mol. The highest BCUT2D eigenvalue weighted by molar-refractivity contribution is 5.51. The number of hydrogen-bond acceptors (Lipinski definition) is 3. The van der Waals surface area contributed by atoms with Crippen LogP contribution < -0.4 is 16.2 Å². The third kappa shape index (κ3) is 2.47. The Morgan fingerprint density at radius 3 is 2.50 bits per heavy atom. The lowest BCUT2D eigenvalue weighted by Gasteiger charge is -2.19. The summed E-state index contributed by atoms with van der Waals surface area (Å²) in [6.07, 6.45) is 2.95. The summed E-state index contributed by atoms with van der Waals surface area (Å²) in [4.78, 5) is 14.1. The maximum Gasteiger partial charge on any atom is 0.255 e. The van der Waals surface area contributed by atoms with E-state index < -0.39 is 0 Å². The zero-order valence-electron chi connectivity index (χ0n) is 11.4. The maximum atomic E-state index is 11.8. The summed E-state index contributed by atoms with van der Waals surface area (Å²) in [6, 6.07) is 13.3. The molecule has 1 atom stereocenters.